The summed E-state index contributed by atoms with van der Waals surface area (Å²) < 4.78 is 19.1. The Morgan fingerprint density at radius 1 is 1.32 bits per heavy atom. The Balaban J connectivity index is 2.13. The van der Waals surface area contributed by atoms with E-state index in [1.807, 2.05) is 13.8 Å². The summed E-state index contributed by atoms with van der Waals surface area (Å²) in [5.74, 6) is -0.116. The van der Waals surface area contributed by atoms with Crippen molar-refractivity contribution in [2.45, 2.75) is 45.5 Å². The van der Waals surface area contributed by atoms with Crippen LogP contribution in [0.5, 0.6) is 0 Å². The third-order valence-corrected chi connectivity index (χ3v) is 4.65. The molecule has 1 aliphatic heterocycles. The quantitative estimate of drug-likeness (QED) is 0.922. The molecule has 4 heteroatoms. The highest BCUT2D eigenvalue weighted by Crippen LogP contribution is 2.36. The number of ether oxygens (including phenoxy) is 1. The van der Waals surface area contributed by atoms with Gasteiger partial charge < -0.3 is 9.84 Å². The predicted molar refractivity (Wildman–Crippen MR) is 73.8 cm³/mol. The van der Waals surface area contributed by atoms with Gasteiger partial charge in [-0.15, -0.1) is 0 Å². The van der Waals surface area contributed by atoms with Crippen molar-refractivity contribution in [3.05, 3.63) is 34.6 Å². The predicted octanol–water partition coefficient (Wildman–Crippen LogP) is 3.44. The summed E-state index contributed by atoms with van der Waals surface area (Å²) in [5.41, 5.74) is 0.646. The minimum atomic E-state index is -0.575. The molecular formula is C15H20ClFO2. The van der Waals surface area contributed by atoms with E-state index < -0.39 is 11.9 Å². The van der Waals surface area contributed by atoms with Crippen molar-refractivity contribution in [1.29, 1.82) is 0 Å². The molecule has 0 aromatic heterocycles. The lowest BCUT2D eigenvalue weighted by Gasteiger charge is -2.25. The van der Waals surface area contributed by atoms with E-state index >= 15 is 0 Å². The van der Waals surface area contributed by atoms with Crippen molar-refractivity contribution in [3.63, 3.8) is 0 Å². The number of halogens is 2. The van der Waals surface area contributed by atoms with Gasteiger partial charge in [-0.25, -0.2) is 4.39 Å². The van der Waals surface area contributed by atoms with E-state index in [0.29, 0.717) is 12.0 Å². The summed E-state index contributed by atoms with van der Waals surface area (Å²) in [7, 11) is 0. The van der Waals surface area contributed by atoms with E-state index in [4.69, 9.17) is 16.3 Å². The van der Waals surface area contributed by atoms with Crippen molar-refractivity contribution in [1.82, 2.24) is 0 Å². The zero-order chi connectivity index (χ0) is 14.2. The number of aliphatic hydroxyl groups is 1. The van der Waals surface area contributed by atoms with Crippen LogP contribution in [0.2, 0.25) is 5.02 Å². The molecule has 5 atom stereocenters. The number of hydrogen-bond acceptors (Lipinski definition) is 2. The average Bonchev–Trinajstić information content (AvgIpc) is 2.59. The third-order valence-electron chi connectivity index (χ3n) is 4.22. The Morgan fingerprint density at radius 2 is 2.00 bits per heavy atom. The van der Waals surface area contributed by atoms with Gasteiger partial charge in [-0.1, -0.05) is 30.7 Å². The third kappa shape index (κ3) is 2.93. The van der Waals surface area contributed by atoms with Crippen LogP contribution in [0.15, 0.2) is 18.2 Å². The van der Waals surface area contributed by atoms with Crippen LogP contribution in [-0.4, -0.2) is 23.4 Å². The van der Waals surface area contributed by atoms with Crippen LogP contribution >= 0.6 is 11.6 Å². The first-order valence-electron chi connectivity index (χ1n) is 6.68. The molecule has 106 valence electrons. The molecule has 19 heavy (non-hydrogen) atoms. The van der Waals surface area contributed by atoms with Crippen LogP contribution in [0.1, 0.15) is 26.3 Å². The summed E-state index contributed by atoms with van der Waals surface area (Å²) in [6.07, 6.45) is -0.0781. The molecule has 1 aromatic rings. The Kier molecular flexibility index (Phi) is 4.49. The first-order chi connectivity index (χ1) is 8.91. The smallest absolute Gasteiger partial charge is 0.142 e. The molecule has 0 radical (unpaired) electrons. The topological polar surface area (TPSA) is 29.5 Å². The Bertz CT molecular complexity index is 452. The standard InChI is InChI=1S/C15H20ClFO2/c1-8-9(2)19-10(3)14(8)13(18)7-11-5-4-6-12(17)15(11)16/h4-6,8-10,13-14,18H,7H2,1-3H3. The monoisotopic (exact) mass is 286 g/mol. The average molecular weight is 287 g/mol. The van der Waals surface area contributed by atoms with Gasteiger partial charge in [0.15, 0.2) is 0 Å². The van der Waals surface area contributed by atoms with Crippen molar-refractivity contribution >= 4 is 11.6 Å². The summed E-state index contributed by atoms with van der Waals surface area (Å²) in [4.78, 5) is 0. The van der Waals surface area contributed by atoms with Crippen molar-refractivity contribution in [2.75, 3.05) is 0 Å². The lowest BCUT2D eigenvalue weighted by Crippen LogP contribution is -2.32. The van der Waals surface area contributed by atoms with Gasteiger partial charge in [0.2, 0.25) is 0 Å². The first kappa shape index (κ1) is 14.8. The molecular weight excluding hydrogens is 267 g/mol. The van der Waals surface area contributed by atoms with Crippen LogP contribution in [0.4, 0.5) is 4.39 Å². The molecule has 0 spiro atoms. The van der Waals surface area contributed by atoms with Crippen molar-refractivity contribution in [3.8, 4) is 0 Å². The summed E-state index contributed by atoms with van der Waals surface area (Å²) in [6, 6.07) is 4.69. The highest BCUT2D eigenvalue weighted by molar-refractivity contribution is 6.31. The van der Waals surface area contributed by atoms with Gasteiger partial charge in [-0.2, -0.15) is 0 Å². The molecule has 1 saturated heterocycles. The highest BCUT2D eigenvalue weighted by atomic mass is 35.5. The molecule has 0 bridgehead atoms. The fourth-order valence-corrected chi connectivity index (χ4v) is 3.23. The maximum Gasteiger partial charge on any atom is 0.142 e. The number of aliphatic hydroxyl groups excluding tert-OH is 1. The largest absolute Gasteiger partial charge is 0.392 e. The van der Waals surface area contributed by atoms with E-state index in [-0.39, 0.29) is 29.1 Å². The number of hydrogen-bond donors (Lipinski definition) is 1. The number of rotatable bonds is 3. The second kappa shape index (κ2) is 5.78. The van der Waals surface area contributed by atoms with Crippen LogP contribution in [0.3, 0.4) is 0 Å². The van der Waals surface area contributed by atoms with Gasteiger partial charge in [-0.3, -0.25) is 0 Å². The van der Waals surface area contributed by atoms with Gasteiger partial charge >= 0.3 is 0 Å². The van der Waals surface area contributed by atoms with Crippen molar-refractivity contribution in [2.24, 2.45) is 11.8 Å². The fourth-order valence-electron chi connectivity index (χ4n) is 3.02. The maximum absolute atomic E-state index is 13.4. The Hall–Kier alpha value is -0.640. The molecule has 2 nitrogen and oxygen atoms in total. The van der Waals surface area contributed by atoms with Crippen LogP contribution in [0.25, 0.3) is 0 Å². The summed E-state index contributed by atoms with van der Waals surface area (Å²) >= 11 is 5.93. The second-order valence-electron chi connectivity index (χ2n) is 5.47. The molecule has 5 unspecified atom stereocenters. The Morgan fingerprint density at radius 3 is 2.58 bits per heavy atom. The molecule has 1 aliphatic rings. The summed E-state index contributed by atoms with van der Waals surface area (Å²) in [5, 5.41) is 10.5. The SMILES string of the molecule is CC1OC(C)C(C(O)Cc2cccc(F)c2Cl)C1C. The van der Waals surface area contributed by atoms with E-state index in [2.05, 4.69) is 6.92 Å². The fraction of sp³-hybridized carbons (Fsp3) is 0.600. The number of benzene rings is 1. The normalized spacial score (nSPS) is 32.5. The second-order valence-corrected chi connectivity index (χ2v) is 5.85. The molecule has 0 saturated carbocycles. The van der Waals surface area contributed by atoms with Gasteiger partial charge in [0.1, 0.15) is 5.82 Å². The summed E-state index contributed by atoms with van der Waals surface area (Å²) in [6.45, 7) is 6.07. The Labute approximate surface area is 118 Å². The lowest BCUT2D eigenvalue weighted by molar-refractivity contribution is 0.0240. The lowest BCUT2D eigenvalue weighted by atomic mass is 9.82. The minimum Gasteiger partial charge on any atom is -0.392 e. The van der Waals surface area contributed by atoms with Crippen LogP contribution < -0.4 is 0 Å². The van der Waals surface area contributed by atoms with Crippen molar-refractivity contribution < 1.29 is 14.2 Å². The molecule has 1 heterocycles. The minimum absolute atomic E-state index is 0.00679. The zero-order valence-corrected chi connectivity index (χ0v) is 12.2. The molecule has 1 aromatic carbocycles. The highest BCUT2D eigenvalue weighted by Gasteiger charge is 2.41. The van der Waals surface area contributed by atoms with Gasteiger partial charge in [0.05, 0.1) is 23.3 Å². The van der Waals surface area contributed by atoms with E-state index in [1.54, 1.807) is 12.1 Å². The molecule has 0 amide bonds. The molecule has 2 rings (SSSR count). The van der Waals surface area contributed by atoms with Gasteiger partial charge in [0, 0.05) is 12.3 Å². The molecule has 1 fully saturated rings. The van der Waals surface area contributed by atoms with Crippen LogP contribution in [-0.2, 0) is 11.2 Å². The van der Waals surface area contributed by atoms with E-state index in [0.717, 1.165) is 0 Å². The first-order valence-corrected chi connectivity index (χ1v) is 7.06. The zero-order valence-electron chi connectivity index (χ0n) is 11.4. The van der Waals surface area contributed by atoms with Gasteiger partial charge in [0.25, 0.3) is 0 Å². The van der Waals surface area contributed by atoms with E-state index in [1.165, 1.54) is 6.07 Å². The maximum atomic E-state index is 13.4. The molecule has 1 N–H and O–H groups in total. The van der Waals surface area contributed by atoms with Gasteiger partial charge in [-0.05, 0) is 31.4 Å². The molecule has 0 aliphatic carbocycles. The van der Waals surface area contributed by atoms with E-state index in [9.17, 15) is 9.50 Å². The van der Waals surface area contributed by atoms with Crippen LogP contribution in [0, 0.1) is 17.7 Å².